The summed E-state index contributed by atoms with van der Waals surface area (Å²) in [5.41, 5.74) is 0.928. The van der Waals surface area contributed by atoms with E-state index in [0.29, 0.717) is 49.9 Å². The zero-order chi connectivity index (χ0) is 18.6. The van der Waals surface area contributed by atoms with E-state index in [4.69, 9.17) is 10.6 Å². The highest BCUT2D eigenvalue weighted by atomic mass is 19.1. The Bertz CT molecular complexity index is 779. The number of Topliss-reactive ketones (excluding diaryl/α,β-unsaturated/α-hetero) is 1. The predicted molar refractivity (Wildman–Crippen MR) is 92.1 cm³/mol. The van der Waals surface area contributed by atoms with Gasteiger partial charge in [0.25, 0.3) is 0 Å². The van der Waals surface area contributed by atoms with Gasteiger partial charge in [-0.2, -0.15) is 0 Å². The summed E-state index contributed by atoms with van der Waals surface area (Å²) in [7, 11) is 0. The lowest BCUT2D eigenvalue weighted by molar-refractivity contribution is -0.139. The maximum Gasteiger partial charge on any atom is 0.316 e. The van der Waals surface area contributed by atoms with Crippen molar-refractivity contribution in [3.63, 3.8) is 0 Å². The van der Waals surface area contributed by atoms with Crippen molar-refractivity contribution >= 4 is 23.1 Å². The number of hydrazine groups is 1. The number of hydrogen-bond acceptors (Lipinski definition) is 7. The topological polar surface area (TPSA) is 99.3 Å². The number of carbonyl (C=O) groups is 2. The van der Waals surface area contributed by atoms with Gasteiger partial charge in [-0.05, 0) is 13.0 Å². The number of ketones is 1. The van der Waals surface area contributed by atoms with Crippen LogP contribution in [0.1, 0.15) is 17.3 Å². The van der Waals surface area contributed by atoms with Crippen LogP contribution < -0.4 is 20.4 Å². The first-order valence-corrected chi connectivity index (χ1v) is 8.66. The summed E-state index contributed by atoms with van der Waals surface area (Å²) >= 11 is 0. The second kappa shape index (κ2) is 6.10. The zero-order valence-corrected chi connectivity index (χ0v) is 14.4. The van der Waals surface area contributed by atoms with Crippen LogP contribution in [0.15, 0.2) is 6.07 Å². The Morgan fingerprint density at radius 2 is 2.00 bits per heavy atom. The van der Waals surface area contributed by atoms with Crippen molar-refractivity contribution in [3.05, 3.63) is 17.4 Å². The van der Waals surface area contributed by atoms with Gasteiger partial charge in [0.1, 0.15) is 18.2 Å². The molecule has 3 aliphatic rings. The molecule has 140 valence electrons. The fraction of sp³-hybridized carbons (Fsp3) is 0.529. The number of carboxylic acid groups (broad SMARTS) is 1. The van der Waals surface area contributed by atoms with Gasteiger partial charge in [0.05, 0.1) is 11.7 Å². The molecule has 0 saturated carbocycles. The van der Waals surface area contributed by atoms with E-state index in [2.05, 4.69) is 0 Å². The van der Waals surface area contributed by atoms with E-state index in [1.807, 2.05) is 16.7 Å². The third-order valence-electron chi connectivity index (χ3n) is 5.36. The second-order valence-corrected chi connectivity index (χ2v) is 7.02. The molecule has 0 bridgehead atoms. The number of nitrogens with two attached hydrogens (primary N) is 1. The fourth-order valence-electron chi connectivity index (χ4n) is 3.90. The highest BCUT2D eigenvalue weighted by molar-refractivity contribution is 6.14. The molecule has 0 spiro atoms. The van der Waals surface area contributed by atoms with Crippen LogP contribution in [0.3, 0.4) is 0 Å². The van der Waals surface area contributed by atoms with Gasteiger partial charge in [-0.25, -0.2) is 9.40 Å². The Balaban J connectivity index is 1.85. The molecule has 1 aromatic rings. The van der Waals surface area contributed by atoms with Crippen LogP contribution in [0.2, 0.25) is 0 Å². The fourth-order valence-corrected chi connectivity index (χ4v) is 3.90. The number of benzene rings is 1. The van der Waals surface area contributed by atoms with Crippen LogP contribution in [-0.2, 0) is 4.79 Å². The van der Waals surface area contributed by atoms with Crippen molar-refractivity contribution in [2.45, 2.75) is 13.0 Å². The minimum atomic E-state index is -1.19. The summed E-state index contributed by atoms with van der Waals surface area (Å²) in [6.45, 7) is 4.55. The Morgan fingerprint density at radius 3 is 2.65 bits per heavy atom. The van der Waals surface area contributed by atoms with Crippen molar-refractivity contribution in [3.8, 4) is 5.75 Å². The van der Waals surface area contributed by atoms with Crippen molar-refractivity contribution in [2.75, 3.05) is 49.1 Å². The predicted octanol–water partition coefficient (Wildman–Crippen LogP) is 0.306. The van der Waals surface area contributed by atoms with E-state index in [1.54, 1.807) is 5.01 Å². The summed E-state index contributed by atoms with van der Waals surface area (Å²) in [6, 6.07) is 1.06. The van der Waals surface area contributed by atoms with E-state index in [-0.39, 0.29) is 18.2 Å². The number of ether oxygens (including phenoxy) is 1. The molecule has 4 rings (SSSR count). The van der Waals surface area contributed by atoms with Gasteiger partial charge in [0, 0.05) is 38.3 Å². The first kappa shape index (κ1) is 17.0. The summed E-state index contributed by atoms with van der Waals surface area (Å²) < 4.78 is 20.8. The molecule has 0 aromatic heterocycles. The van der Waals surface area contributed by atoms with Gasteiger partial charge in [-0.1, -0.05) is 0 Å². The number of anilines is 2. The third-order valence-corrected chi connectivity index (χ3v) is 5.36. The van der Waals surface area contributed by atoms with E-state index >= 15 is 0 Å². The molecule has 0 radical (unpaired) electrons. The Labute approximate surface area is 149 Å². The number of nitrogens with zero attached hydrogens (tertiary/aromatic N) is 3. The van der Waals surface area contributed by atoms with E-state index < -0.39 is 23.5 Å². The number of carboxylic acids is 1. The SMILES string of the molecule is CC1COc2c(N3CCN(N)CC3)c(F)cc3c2N1CC(C(=O)O)C3=O. The van der Waals surface area contributed by atoms with Gasteiger partial charge >= 0.3 is 5.97 Å². The van der Waals surface area contributed by atoms with Crippen LogP contribution in [-0.4, -0.2) is 67.2 Å². The molecule has 3 heterocycles. The molecule has 3 N–H and O–H groups in total. The number of carbonyl (C=O) groups excluding carboxylic acids is 1. The number of hydrogen-bond donors (Lipinski definition) is 2. The summed E-state index contributed by atoms with van der Waals surface area (Å²) in [5, 5.41) is 11.1. The van der Waals surface area contributed by atoms with Crippen LogP contribution >= 0.6 is 0 Å². The van der Waals surface area contributed by atoms with Gasteiger partial charge in [0.2, 0.25) is 0 Å². The standard InChI is InChI=1S/C17H21FN4O4/c1-9-8-26-16-13-10(15(23)11(17(24)25)7-22(9)13)6-12(18)14(16)20-2-4-21(19)5-3-20/h6,9,11H,2-5,7-8,19H2,1H3,(H,24,25). The molecule has 26 heavy (non-hydrogen) atoms. The van der Waals surface area contributed by atoms with Crippen molar-refractivity contribution < 1.29 is 23.8 Å². The van der Waals surface area contributed by atoms with Crippen LogP contribution in [0.25, 0.3) is 0 Å². The van der Waals surface area contributed by atoms with E-state index in [1.165, 1.54) is 0 Å². The third kappa shape index (κ3) is 2.50. The summed E-state index contributed by atoms with van der Waals surface area (Å²) in [4.78, 5) is 27.8. The van der Waals surface area contributed by atoms with E-state index in [9.17, 15) is 19.1 Å². The molecule has 8 nitrogen and oxygen atoms in total. The lowest BCUT2D eigenvalue weighted by Crippen LogP contribution is -2.52. The molecule has 3 aliphatic heterocycles. The average Bonchev–Trinajstić information content (AvgIpc) is 2.60. The molecule has 0 amide bonds. The Hall–Kier alpha value is -2.39. The van der Waals surface area contributed by atoms with Crippen LogP contribution in [0.4, 0.5) is 15.8 Å². The summed E-state index contributed by atoms with van der Waals surface area (Å²) in [5.74, 6) is 2.59. The zero-order valence-electron chi connectivity index (χ0n) is 14.4. The van der Waals surface area contributed by atoms with Gasteiger partial charge in [0.15, 0.2) is 17.3 Å². The molecule has 1 aromatic carbocycles. The minimum absolute atomic E-state index is 0.0698. The second-order valence-electron chi connectivity index (χ2n) is 7.02. The van der Waals surface area contributed by atoms with E-state index in [0.717, 1.165) is 6.07 Å². The molecule has 1 saturated heterocycles. The lowest BCUT2D eigenvalue weighted by atomic mass is 9.88. The Kier molecular flexibility index (Phi) is 4.00. The normalized spacial score (nSPS) is 25.7. The van der Waals surface area contributed by atoms with Crippen LogP contribution in [0.5, 0.6) is 5.75 Å². The first-order chi connectivity index (χ1) is 12.4. The molecule has 0 aliphatic carbocycles. The van der Waals surface area contributed by atoms with Gasteiger partial charge < -0.3 is 19.6 Å². The molecule has 2 atom stereocenters. The number of piperazine rings is 1. The van der Waals surface area contributed by atoms with Crippen LogP contribution in [0, 0.1) is 11.7 Å². The smallest absolute Gasteiger partial charge is 0.316 e. The summed E-state index contributed by atoms with van der Waals surface area (Å²) in [6.07, 6.45) is 0. The lowest BCUT2D eigenvalue weighted by Gasteiger charge is -2.44. The maximum atomic E-state index is 15.0. The van der Waals surface area contributed by atoms with Gasteiger partial charge in [-0.3, -0.25) is 15.4 Å². The number of halogens is 1. The Morgan fingerprint density at radius 1 is 1.31 bits per heavy atom. The first-order valence-electron chi connectivity index (χ1n) is 8.66. The average molecular weight is 364 g/mol. The molecule has 1 fully saturated rings. The molecular weight excluding hydrogens is 343 g/mol. The minimum Gasteiger partial charge on any atom is -0.487 e. The van der Waals surface area contributed by atoms with Crippen molar-refractivity contribution in [1.29, 1.82) is 0 Å². The number of rotatable bonds is 2. The van der Waals surface area contributed by atoms with Gasteiger partial charge in [-0.15, -0.1) is 0 Å². The highest BCUT2D eigenvalue weighted by Gasteiger charge is 2.44. The van der Waals surface area contributed by atoms with Crippen molar-refractivity contribution in [2.24, 2.45) is 11.8 Å². The molecule has 2 unspecified atom stereocenters. The quantitative estimate of drug-likeness (QED) is 0.571. The molecule has 9 heteroatoms. The monoisotopic (exact) mass is 364 g/mol. The maximum absolute atomic E-state index is 15.0. The number of aliphatic carboxylic acids is 1. The van der Waals surface area contributed by atoms with Crippen molar-refractivity contribution in [1.82, 2.24) is 5.01 Å². The largest absolute Gasteiger partial charge is 0.487 e. The highest BCUT2D eigenvalue weighted by Crippen LogP contribution is 2.48. The molecular formula is C17H21FN4O4.